The summed E-state index contributed by atoms with van der Waals surface area (Å²) < 4.78 is 5.62. The monoisotopic (exact) mass is 356 g/mol. The SMILES string of the molecule is CC[C@H](c1nnc(SCC(=O)Nc2ccc(Cl)cn2)o1)[NH+](C)C. The molecule has 0 spiro atoms. The number of thioether (sulfide) groups is 1. The molecule has 9 heteroatoms. The first-order valence-corrected chi connectivity index (χ1v) is 8.53. The minimum Gasteiger partial charge on any atom is -0.410 e. The highest BCUT2D eigenvalue weighted by Gasteiger charge is 2.22. The zero-order chi connectivity index (χ0) is 16.8. The molecule has 0 radical (unpaired) electrons. The lowest BCUT2D eigenvalue weighted by Gasteiger charge is -2.15. The molecule has 2 heterocycles. The molecule has 23 heavy (non-hydrogen) atoms. The lowest BCUT2D eigenvalue weighted by molar-refractivity contribution is -0.894. The van der Waals surface area contributed by atoms with Crippen molar-refractivity contribution in [1.29, 1.82) is 0 Å². The van der Waals surface area contributed by atoms with Crippen LogP contribution in [0.1, 0.15) is 25.3 Å². The predicted octanol–water partition coefficient (Wildman–Crippen LogP) is 1.44. The third-order valence-corrected chi connectivity index (χ3v) is 4.19. The highest BCUT2D eigenvalue weighted by atomic mass is 35.5. The predicted molar refractivity (Wildman–Crippen MR) is 88.7 cm³/mol. The standard InChI is InChI=1S/C14H18ClN5O2S/c1-4-10(20(2)3)13-18-19-14(22-13)23-8-12(21)17-11-6-5-9(15)7-16-11/h5-7,10H,4,8H2,1-3H3,(H,16,17,21)/p+1/t10-/m1/s1. The third kappa shape index (κ3) is 5.19. The van der Waals surface area contributed by atoms with E-state index in [2.05, 4.69) is 27.4 Å². The van der Waals surface area contributed by atoms with E-state index in [4.69, 9.17) is 16.0 Å². The van der Waals surface area contributed by atoms with Gasteiger partial charge >= 0.3 is 0 Å². The van der Waals surface area contributed by atoms with Gasteiger partial charge in [-0.1, -0.05) is 30.3 Å². The van der Waals surface area contributed by atoms with E-state index in [9.17, 15) is 4.79 Å². The smallest absolute Gasteiger partial charge is 0.277 e. The lowest BCUT2D eigenvalue weighted by Crippen LogP contribution is -3.06. The minimum atomic E-state index is -0.199. The average Bonchev–Trinajstić information content (AvgIpc) is 2.96. The van der Waals surface area contributed by atoms with Gasteiger partial charge in [0.1, 0.15) is 5.82 Å². The number of carbonyl (C=O) groups is 1. The Morgan fingerprint density at radius 3 is 2.83 bits per heavy atom. The molecule has 0 fully saturated rings. The first kappa shape index (κ1) is 17.7. The molecule has 7 nitrogen and oxygen atoms in total. The normalized spacial score (nSPS) is 12.4. The van der Waals surface area contributed by atoms with E-state index in [0.717, 1.165) is 6.42 Å². The van der Waals surface area contributed by atoms with Crippen molar-refractivity contribution >= 4 is 35.1 Å². The summed E-state index contributed by atoms with van der Waals surface area (Å²) in [6.45, 7) is 2.07. The van der Waals surface area contributed by atoms with E-state index in [1.165, 1.54) is 22.9 Å². The molecule has 0 aliphatic carbocycles. The zero-order valence-electron chi connectivity index (χ0n) is 13.2. The molecule has 2 N–H and O–H groups in total. The fourth-order valence-electron chi connectivity index (χ4n) is 2.01. The Balaban J connectivity index is 1.87. The number of halogens is 1. The summed E-state index contributed by atoms with van der Waals surface area (Å²) in [5.41, 5.74) is 0. The molecule has 2 rings (SSSR count). The van der Waals surface area contributed by atoms with Gasteiger partial charge in [-0.3, -0.25) is 4.79 Å². The summed E-state index contributed by atoms with van der Waals surface area (Å²) >= 11 is 6.94. The van der Waals surface area contributed by atoms with Crippen LogP contribution in [0, 0.1) is 0 Å². The van der Waals surface area contributed by atoms with Crippen molar-refractivity contribution in [3.05, 3.63) is 29.2 Å². The van der Waals surface area contributed by atoms with Gasteiger partial charge in [0, 0.05) is 12.6 Å². The topological polar surface area (TPSA) is 85.4 Å². The van der Waals surface area contributed by atoms with Crippen LogP contribution in [0.3, 0.4) is 0 Å². The van der Waals surface area contributed by atoms with Crippen LogP contribution in [0.2, 0.25) is 5.02 Å². The van der Waals surface area contributed by atoms with E-state index in [0.29, 0.717) is 22.0 Å². The van der Waals surface area contributed by atoms with E-state index in [-0.39, 0.29) is 17.7 Å². The molecule has 124 valence electrons. The summed E-state index contributed by atoms with van der Waals surface area (Å²) in [6, 6.07) is 3.46. The molecule has 0 unspecified atom stereocenters. The fourth-order valence-corrected chi connectivity index (χ4v) is 2.69. The number of nitrogens with zero attached hydrogens (tertiary/aromatic N) is 3. The molecule has 2 aromatic rings. The first-order valence-electron chi connectivity index (χ1n) is 7.17. The number of nitrogens with one attached hydrogen (secondary N) is 2. The van der Waals surface area contributed by atoms with Gasteiger partial charge in [-0.15, -0.1) is 10.2 Å². The van der Waals surface area contributed by atoms with E-state index >= 15 is 0 Å². The minimum absolute atomic E-state index is 0.156. The van der Waals surface area contributed by atoms with Crippen LogP contribution in [0.25, 0.3) is 0 Å². The first-order chi connectivity index (χ1) is 11.0. The van der Waals surface area contributed by atoms with E-state index < -0.39 is 0 Å². The Bertz CT molecular complexity index is 647. The maximum Gasteiger partial charge on any atom is 0.277 e. The van der Waals surface area contributed by atoms with Gasteiger partial charge in [-0.25, -0.2) is 4.98 Å². The van der Waals surface area contributed by atoms with Gasteiger partial charge in [0.05, 0.1) is 24.9 Å². The van der Waals surface area contributed by atoms with Crippen molar-refractivity contribution < 1.29 is 14.1 Å². The molecule has 1 amide bonds. The van der Waals surface area contributed by atoms with Crippen LogP contribution in [0.4, 0.5) is 5.82 Å². The highest BCUT2D eigenvalue weighted by molar-refractivity contribution is 7.99. The molecule has 0 aliphatic rings. The Morgan fingerprint density at radius 2 is 2.22 bits per heavy atom. The number of carbonyl (C=O) groups excluding carboxylic acids is 1. The number of anilines is 1. The molecule has 0 aromatic carbocycles. The molecule has 0 aliphatic heterocycles. The van der Waals surface area contributed by atoms with Crippen LogP contribution in [0.5, 0.6) is 0 Å². The van der Waals surface area contributed by atoms with Crippen LogP contribution in [-0.4, -0.2) is 40.9 Å². The molecule has 0 saturated heterocycles. The third-order valence-electron chi connectivity index (χ3n) is 3.15. The Hall–Kier alpha value is -1.64. The number of hydrogen-bond donors (Lipinski definition) is 2. The van der Waals surface area contributed by atoms with E-state index in [1.54, 1.807) is 12.1 Å². The quantitative estimate of drug-likeness (QED) is 0.730. The van der Waals surface area contributed by atoms with Crippen molar-refractivity contribution in [2.45, 2.75) is 24.6 Å². The van der Waals surface area contributed by atoms with Gasteiger partial charge in [0.15, 0.2) is 6.04 Å². The van der Waals surface area contributed by atoms with Crippen LogP contribution >= 0.6 is 23.4 Å². The van der Waals surface area contributed by atoms with Gasteiger partial charge in [-0.2, -0.15) is 0 Å². The maximum atomic E-state index is 11.9. The van der Waals surface area contributed by atoms with Crippen molar-refractivity contribution in [3.63, 3.8) is 0 Å². The second kappa shape index (κ2) is 8.28. The summed E-state index contributed by atoms with van der Waals surface area (Å²) in [5.74, 6) is 1.01. The number of quaternary nitrogens is 1. The Kier molecular flexibility index (Phi) is 6.37. The zero-order valence-corrected chi connectivity index (χ0v) is 14.7. The summed E-state index contributed by atoms with van der Waals surface area (Å²) in [4.78, 5) is 17.1. The van der Waals surface area contributed by atoms with Crippen molar-refractivity contribution in [3.8, 4) is 0 Å². The van der Waals surface area contributed by atoms with Crippen molar-refractivity contribution in [1.82, 2.24) is 15.2 Å². The Morgan fingerprint density at radius 1 is 1.43 bits per heavy atom. The summed E-state index contributed by atoms with van der Waals surface area (Å²) in [6.07, 6.45) is 2.38. The fraction of sp³-hybridized carbons (Fsp3) is 0.429. The number of amides is 1. The number of pyridine rings is 1. The number of hydrogen-bond acceptors (Lipinski definition) is 6. The molecule has 1 atom stereocenters. The van der Waals surface area contributed by atoms with Crippen molar-refractivity contribution in [2.75, 3.05) is 25.2 Å². The number of rotatable bonds is 7. The average molecular weight is 357 g/mol. The van der Waals surface area contributed by atoms with Gasteiger partial charge in [0.25, 0.3) is 11.1 Å². The second-order valence-electron chi connectivity index (χ2n) is 5.14. The molecule has 0 saturated carbocycles. The Labute approximate surface area is 143 Å². The lowest BCUT2D eigenvalue weighted by atomic mass is 10.2. The molecular weight excluding hydrogens is 338 g/mol. The summed E-state index contributed by atoms with van der Waals surface area (Å²) in [7, 11) is 4.08. The van der Waals surface area contributed by atoms with Gasteiger partial charge in [0.2, 0.25) is 5.91 Å². The van der Waals surface area contributed by atoms with E-state index in [1.807, 2.05) is 14.1 Å². The van der Waals surface area contributed by atoms with Gasteiger partial charge < -0.3 is 14.6 Å². The van der Waals surface area contributed by atoms with Crippen LogP contribution < -0.4 is 10.2 Å². The molecule has 0 bridgehead atoms. The van der Waals surface area contributed by atoms with Crippen LogP contribution in [0.15, 0.2) is 28.0 Å². The molecule has 2 aromatic heterocycles. The van der Waals surface area contributed by atoms with Crippen LogP contribution in [-0.2, 0) is 4.79 Å². The largest absolute Gasteiger partial charge is 0.410 e. The maximum absolute atomic E-state index is 11.9. The van der Waals surface area contributed by atoms with Gasteiger partial charge in [-0.05, 0) is 12.1 Å². The summed E-state index contributed by atoms with van der Waals surface area (Å²) in [5, 5.41) is 11.6. The van der Waals surface area contributed by atoms with Crippen molar-refractivity contribution in [2.24, 2.45) is 0 Å². The second-order valence-corrected chi connectivity index (χ2v) is 6.51. The highest BCUT2D eigenvalue weighted by Crippen LogP contribution is 2.20. The number of aromatic nitrogens is 3. The molecular formula is C14H19ClN5O2S+.